The maximum absolute atomic E-state index is 12.4. The van der Waals surface area contributed by atoms with Crippen molar-refractivity contribution in [2.24, 2.45) is 5.92 Å². The Morgan fingerprint density at radius 1 is 1.21 bits per heavy atom. The molecule has 1 aliphatic rings. The number of rotatable bonds is 7. The molecule has 0 saturated heterocycles. The van der Waals surface area contributed by atoms with Crippen molar-refractivity contribution in [1.29, 1.82) is 0 Å². The smallest absolute Gasteiger partial charge is 0.242 e. The van der Waals surface area contributed by atoms with Crippen molar-refractivity contribution in [2.75, 3.05) is 24.2 Å². The van der Waals surface area contributed by atoms with Gasteiger partial charge < -0.3 is 19.1 Å². The van der Waals surface area contributed by atoms with Gasteiger partial charge in [0.1, 0.15) is 18.2 Å². The third-order valence-electron chi connectivity index (χ3n) is 3.74. The van der Waals surface area contributed by atoms with E-state index in [9.17, 15) is 4.79 Å². The van der Waals surface area contributed by atoms with Crippen molar-refractivity contribution in [2.45, 2.75) is 27.3 Å². The maximum Gasteiger partial charge on any atom is 0.242 e. The van der Waals surface area contributed by atoms with E-state index in [1.807, 2.05) is 30.3 Å². The van der Waals surface area contributed by atoms with Crippen LogP contribution in [0.5, 0.6) is 17.2 Å². The third-order valence-corrected chi connectivity index (χ3v) is 3.97. The van der Waals surface area contributed by atoms with Crippen molar-refractivity contribution in [1.82, 2.24) is 0 Å². The van der Waals surface area contributed by atoms with Crippen LogP contribution in [0.4, 0.5) is 5.69 Å². The highest BCUT2D eigenvalue weighted by atomic mass is 35.5. The zero-order valence-corrected chi connectivity index (χ0v) is 17.9. The number of hydrogen-bond donors (Lipinski definition) is 0. The zero-order valence-electron chi connectivity index (χ0n) is 17.2. The summed E-state index contributed by atoms with van der Waals surface area (Å²) >= 11 is 5.81. The number of alkyl halides is 1. The highest BCUT2D eigenvalue weighted by Gasteiger charge is 2.21. The Balaban J connectivity index is 0.000000687. The number of para-hydroxylation sites is 1. The lowest BCUT2D eigenvalue weighted by atomic mass is 10.1. The monoisotopic (exact) mass is 417 g/mol. The molecule has 2 aromatic carbocycles. The SMILES string of the molecule is C=CCOc1ccccc1CN(C(=O)CCl)c1ccc2c(c1)OCO2.CC(C)C. The van der Waals surface area contributed by atoms with Crippen LogP contribution in [-0.2, 0) is 11.3 Å². The molecule has 0 aromatic heterocycles. The Bertz CT molecular complexity index is 820. The van der Waals surface area contributed by atoms with Crippen molar-refractivity contribution in [3.63, 3.8) is 0 Å². The molecule has 1 heterocycles. The van der Waals surface area contributed by atoms with Gasteiger partial charge in [-0.3, -0.25) is 4.79 Å². The third kappa shape index (κ3) is 6.71. The molecule has 1 amide bonds. The molecule has 0 unspecified atom stereocenters. The van der Waals surface area contributed by atoms with Crippen molar-refractivity contribution < 1.29 is 19.0 Å². The molecule has 6 heteroatoms. The summed E-state index contributed by atoms with van der Waals surface area (Å²) in [6, 6.07) is 12.9. The summed E-state index contributed by atoms with van der Waals surface area (Å²) in [4.78, 5) is 14.0. The normalized spacial score (nSPS) is 11.5. The van der Waals surface area contributed by atoms with Crippen LogP contribution in [0, 0.1) is 5.92 Å². The van der Waals surface area contributed by atoms with E-state index in [0.29, 0.717) is 36.1 Å². The molecule has 0 atom stereocenters. The number of hydrogen-bond acceptors (Lipinski definition) is 4. The zero-order chi connectivity index (χ0) is 21.2. The van der Waals surface area contributed by atoms with E-state index in [-0.39, 0.29) is 18.6 Å². The molecule has 0 spiro atoms. The van der Waals surface area contributed by atoms with Crippen LogP contribution in [0.3, 0.4) is 0 Å². The van der Waals surface area contributed by atoms with Gasteiger partial charge in [0, 0.05) is 17.3 Å². The van der Waals surface area contributed by atoms with Crippen LogP contribution in [0.2, 0.25) is 0 Å². The molecule has 0 N–H and O–H groups in total. The molecule has 3 rings (SSSR count). The van der Waals surface area contributed by atoms with E-state index >= 15 is 0 Å². The summed E-state index contributed by atoms with van der Waals surface area (Å²) in [5.74, 6) is 2.48. The van der Waals surface area contributed by atoms with Crippen LogP contribution in [-0.4, -0.2) is 25.2 Å². The average molecular weight is 418 g/mol. The minimum absolute atomic E-state index is 0.121. The molecule has 0 fully saturated rings. The first-order chi connectivity index (χ1) is 14.0. The summed E-state index contributed by atoms with van der Waals surface area (Å²) in [5.41, 5.74) is 1.56. The van der Waals surface area contributed by atoms with Crippen molar-refractivity contribution >= 4 is 23.2 Å². The van der Waals surface area contributed by atoms with Gasteiger partial charge >= 0.3 is 0 Å². The van der Waals surface area contributed by atoms with Crippen LogP contribution >= 0.6 is 11.6 Å². The Morgan fingerprint density at radius 2 is 1.90 bits per heavy atom. The summed E-state index contributed by atoms with van der Waals surface area (Å²) in [6.45, 7) is 11.1. The van der Waals surface area contributed by atoms with E-state index in [4.69, 9.17) is 25.8 Å². The molecule has 156 valence electrons. The van der Waals surface area contributed by atoms with Crippen LogP contribution < -0.4 is 19.1 Å². The van der Waals surface area contributed by atoms with Crippen molar-refractivity contribution in [3.05, 3.63) is 60.7 Å². The van der Waals surface area contributed by atoms with Gasteiger partial charge in [0.2, 0.25) is 12.7 Å². The molecule has 0 saturated carbocycles. The van der Waals surface area contributed by atoms with E-state index in [1.165, 1.54) is 0 Å². The first-order valence-corrected chi connectivity index (χ1v) is 10.1. The first kappa shape index (κ1) is 22.6. The van der Waals surface area contributed by atoms with E-state index in [0.717, 1.165) is 11.5 Å². The largest absolute Gasteiger partial charge is 0.489 e. The standard InChI is InChI=1S/C19H18ClNO4.C4H10/c1-2-9-23-16-6-4-3-5-14(16)12-21(19(22)11-20)15-7-8-17-18(10-15)25-13-24-17;1-4(2)3/h2-8,10H,1,9,11-13H2;4H,1-3H3. The first-order valence-electron chi connectivity index (χ1n) is 9.53. The fraction of sp³-hybridized carbons (Fsp3) is 0.348. The predicted octanol–water partition coefficient (Wildman–Crippen LogP) is 5.41. The minimum Gasteiger partial charge on any atom is -0.489 e. The van der Waals surface area contributed by atoms with Crippen LogP contribution in [0.25, 0.3) is 0 Å². The number of fused-ring (bicyclic) bond motifs is 1. The lowest BCUT2D eigenvalue weighted by Crippen LogP contribution is -2.31. The van der Waals surface area contributed by atoms with Gasteiger partial charge in [-0.1, -0.05) is 51.6 Å². The predicted molar refractivity (Wildman–Crippen MR) is 117 cm³/mol. The average Bonchev–Trinajstić information content (AvgIpc) is 3.18. The fourth-order valence-electron chi connectivity index (χ4n) is 2.54. The highest BCUT2D eigenvalue weighted by Crippen LogP contribution is 2.36. The Hall–Kier alpha value is -2.66. The molecule has 29 heavy (non-hydrogen) atoms. The second-order valence-electron chi connectivity index (χ2n) is 7.09. The number of amides is 1. The van der Waals surface area contributed by atoms with Crippen LogP contribution in [0.15, 0.2) is 55.1 Å². The summed E-state index contributed by atoms with van der Waals surface area (Å²) in [7, 11) is 0. The molecule has 0 bridgehead atoms. The van der Waals surface area contributed by atoms with Gasteiger partial charge in [-0.25, -0.2) is 0 Å². The Kier molecular flexibility index (Phi) is 8.87. The summed E-state index contributed by atoms with van der Waals surface area (Å²) < 4.78 is 16.4. The lowest BCUT2D eigenvalue weighted by molar-refractivity contribution is -0.116. The lowest BCUT2D eigenvalue weighted by Gasteiger charge is -2.23. The van der Waals surface area contributed by atoms with Gasteiger partial charge in [0.15, 0.2) is 11.5 Å². The summed E-state index contributed by atoms with van der Waals surface area (Å²) in [6.07, 6.45) is 1.68. The second kappa shape index (κ2) is 11.4. The maximum atomic E-state index is 12.4. The quantitative estimate of drug-likeness (QED) is 0.446. The van der Waals surface area contributed by atoms with Gasteiger partial charge in [0.05, 0.1) is 6.54 Å². The van der Waals surface area contributed by atoms with Gasteiger partial charge in [-0.15, -0.1) is 11.6 Å². The molecule has 1 aliphatic heterocycles. The molecule has 2 aromatic rings. The highest BCUT2D eigenvalue weighted by molar-refractivity contribution is 6.29. The number of carbonyl (C=O) groups is 1. The number of nitrogens with zero attached hydrogens (tertiary/aromatic N) is 1. The topological polar surface area (TPSA) is 48.0 Å². The van der Waals surface area contributed by atoms with Crippen molar-refractivity contribution in [3.8, 4) is 17.2 Å². The Labute approximate surface area is 177 Å². The number of carbonyl (C=O) groups excluding carboxylic acids is 1. The molecule has 5 nitrogen and oxygen atoms in total. The van der Waals surface area contributed by atoms with E-state index in [2.05, 4.69) is 27.4 Å². The van der Waals surface area contributed by atoms with Crippen LogP contribution in [0.1, 0.15) is 26.3 Å². The Morgan fingerprint density at radius 3 is 2.59 bits per heavy atom. The molecule has 0 radical (unpaired) electrons. The number of anilines is 1. The van der Waals surface area contributed by atoms with Gasteiger partial charge in [-0.2, -0.15) is 0 Å². The molecule has 0 aliphatic carbocycles. The summed E-state index contributed by atoms with van der Waals surface area (Å²) in [5, 5.41) is 0. The number of halogens is 1. The van der Waals surface area contributed by atoms with E-state index < -0.39 is 0 Å². The van der Waals surface area contributed by atoms with E-state index in [1.54, 1.807) is 23.1 Å². The number of ether oxygens (including phenoxy) is 3. The molecular weight excluding hydrogens is 390 g/mol. The molecular formula is C23H28ClNO4. The van der Waals surface area contributed by atoms with Gasteiger partial charge in [-0.05, 0) is 24.1 Å². The minimum atomic E-state index is -0.209. The van der Waals surface area contributed by atoms with Gasteiger partial charge in [0.25, 0.3) is 0 Å². The fourth-order valence-corrected chi connectivity index (χ4v) is 2.69. The second-order valence-corrected chi connectivity index (χ2v) is 7.36. The number of benzene rings is 2.